The molecule has 0 unspecified atom stereocenters. The highest BCUT2D eigenvalue weighted by Gasteiger charge is 2.76. The third-order valence-corrected chi connectivity index (χ3v) is 9.92. The van der Waals surface area contributed by atoms with Gasteiger partial charge in [-0.15, -0.1) is 23.2 Å². The lowest BCUT2D eigenvalue weighted by atomic mass is 9.56. The molecular weight excluding hydrogens is 547 g/mol. The maximum atomic E-state index is 13.6. The molecule has 0 bridgehead atoms. The Labute approximate surface area is 215 Å². The molecule has 2 saturated heterocycles. The average molecular weight is 570 g/mol. The van der Waals surface area contributed by atoms with E-state index in [1.165, 1.54) is 4.90 Å². The van der Waals surface area contributed by atoms with Gasteiger partial charge in [0, 0.05) is 18.0 Å². The van der Waals surface area contributed by atoms with E-state index in [2.05, 4.69) is 15.9 Å². The molecule has 3 fully saturated rings. The molecule has 1 aromatic carbocycles. The standard InChI is InChI=1S/C24H23BrCl2N2O5/c1-3-28-19(31)13-8-7-12-15(16(13)20(28)32)9-23(26)21(33)29(10-25)22(34)24(23,27)17(12)14-6-4-5-11(2)18(14)30/h4-7,13,15-17,30H,3,8-10H2,1-2H3/t13-,15+,16-,17+,23+,24-/m0/s1. The van der Waals surface area contributed by atoms with Crippen molar-refractivity contribution in [2.75, 3.05) is 12.0 Å². The fourth-order valence-electron chi connectivity index (χ4n) is 6.39. The summed E-state index contributed by atoms with van der Waals surface area (Å²) in [6, 6.07) is 5.13. The lowest BCUT2D eigenvalue weighted by Crippen LogP contribution is -2.60. The highest BCUT2D eigenvalue weighted by atomic mass is 79.9. The van der Waals surface area contributed by atoms with Crippen LogP contribution in [0, 0.1) is 24.7 Å². The van der Waals surface area contributed by atoms with Crippen molar-refractivity contribution < 1.29 is 24.3 Å². The number of allylic oxidation sites excluding steroid dienone is 2. The summed E-state index contributed by atoms with van der Waals surface area (Å²) in [6.07, 6.45) is 2.11. The first kappa shape index (κ1) is 23.8. The number of imide groups is 2. The second-order valence-electron chi connectivity index (χ2n) is 9.42. The average Bonchev–Trinajstić information content (AvgIpc) is 3.14. The van der Waals surface area contributed by atoms with Gasteiger partial charge in [-0.2, -0.15) is 0 Å². The van der Waals surface area contributed by atoms with Gasteiger partial charge in [0.05, 0.1) is 17.3 Å². The van der Waals surface area contributed by atoms with E-state index in [1.54, 1.807) is 32.0 Å². The van der Waals surface area contributed by atoms with Crippen molar-refractivity contribution >= 4 is 62.8 Å². The highest BCUT2D eigenvalue weighted by Crippen LogP contribution is 2.66. The topological polar surface area (TPSA) is 95.0 Å². The quantitative estimate of drug-likeness (QED) is 0.260. The summed E-state index contributed by atoms with van der Waals surface area (Å²) in [5, 5.41) is 11.0. The summed E-state index contributed by atoms with van der Waals surface area (Å²) >= 11 is 17.4. The molecule has 2 heterocycles. The highest BCUT2D eigenvalue weighted by molar-refractivity contribution is 9.09. The molecule has 34 heavy (non-hydrogen) atoms. The number of aromatic hydroxyl groups is 1. The molecule has 4 amide bonds. The van der Waals surface area contributed by atoms with Gasteiger partial charge in [-0.1, -0.05) is 45.8 Å². The zero-order chi connectivity index (χ0) is 24.7. The lowest BCUT2D eigenvalue weighted by Gasteiger charge is -2.50. The van der Waals surface area contributed by atoms with E-state index in [0.29, 0.717) is 23.1 Å². The Morgan fingerprint density at radius 1 is 1.09 bits per heavy atom. The number of hydrogen-bond donors (Lipinski definition) is 1. The lowest BCUT2D eigenvalue weighted by molar-refractivity contribution is -0.141. The molecule has 2 aliphatic carbocycles. The van der Waals surface area contributed by atoms with Gasteiger partial charge >= 0.3 is 0 Å². The zero-order valence-corrected chi connectivity index (χ0v) is 21.7. The predicted octanol–water partition coefficient (Wildman–Crippen LogP) is 3.43. The number of carbonyl (C=O) groups excluding carboxylic acids is 4. The Morgan fingerprint density at radius 3 is 2.44 bits per heavy atom. The number of carbonyl (C=O) groups is 4. The fraction of sp³-hybridized carbons (Fsp3) is 0.500. The monoisotopic (exact) mass is 568 g/mol. The van der Waals surface area contributed by atoms with Crippen LogP contribution >= 0.6 is 39.1 Å². The Kier molecular flexibility index (Phi) is 5.47. The Hall–Kier alpha value is -1.90. The van der Waals surface area contributed by atoms with Crippen molar-refractivity contribution in [3.8, 4) is 5.75 Å². The molecule has 0 radical (unpaired) electrons. The number of nitrogens with zero attached hydrogens (tertiary/aromatic N) is 2. The molecule has 6 atom stereocenters. The van der Waals surface area contributed by atoms with Gasteiger partial charge in [-0.05, 0) is 38.2 Å². The van der Waals surface area contributed by atoms with Gasteiger partial charge in [0.15, 0.2) is 9.75 Å². The van der Waals surface area contributed by atoms with E-state index in [4.69, 9.17) is 23.2 Å². The van der Waals surface area contributed by atoms with Gasteiger partial charge < -0.3 is 5.11 Å². The SMILES string of the molecule is CCN1C(=O)[C@H]2[C@H](CC=C3[C@H]2C[C@@]2(Cl)C(=O)N(CBr)C(=O)[C@@]2(Cl)[C@H]3c2cccc(C)c2O)C1=O. The minimum Gasteiger partial charge on any atom is -0.507 e. The number of halogens is 3. The maximum absolute atomic E-state index is 13.6. The number of para-hydroxylation sites is 1. The molecule has 180 valence electrons. The van der Waals surface area contributed by atoms with E-state index in [-0.39, 0.29) is 36.0 Å². The predicted molar refractivity (Wildman–Crippen MR) is 129 cm³/mol. The first-order valence-corrected chi connectivity index (χ1v) is 13.1. The van der Waals surface area contributed by atoms with Crippen LogP contribution in [-0.4, -0.2) is 60.3 Å². The van der Waals surface area contributed by atoms with E-state index in [0.717, 1.165) is 4.90 Å². The van der Waals surface area contributed by atoms with Crippen LogP contribution in [0.2, 0.25) is 0 Å². The molecule has 10 heteroatoms. The number of phenols is 1. The van der Waals surface area contributed by atoms with Crippen LogP contribution in [0.3, 0.4) is 0 Å². The number of amides is 4. The third-order valence-electron chi connectivity index (χ3n) is 8.00. The molecule has 5 rings (SSSR count). The summed E-state index contributed by atoms with van der Waals surface area (Å²) in [4.78, 5) is 51.8. The summed E-state index contributed by atoms with van der Waals surface area (Å²) in [5.74, 6) is -4.64. The van der Waals surface area contributed by atoms with Crippen LogP contribution in [0.4, 0.5) is 0 Å². The van der Waals surface area contributed by atoms with Crippen molar-refractivity contribution in [2.24, 2.45) is 17.8 Å². The summed E-state index contributed by atoms with van der Waals surface area (Å²) < 4.78 is 0. The third kappa shape index (κ3) is 2.70. The van der Waals surface area contributed by atoms with E-state index in [9.17, 15) is 24.3 Å². The first-order chi connectivity index (χ1) is 16.0. The number of phenolic OH excluding ortho intramolecular Hbond substituents is 1. The number of alkyl halides is 3. The van der Waals surface area contributed by atoms with Crippen LogP contribution in [0.1, 0.15) is 36.8 Å². The number of fused-ring (bicyclic) bond motifs is 4. The van der Waals surface area contributed by atoms with Crippen molar-refractivity contribution in [3.63, 3.8) is 0 Å². The number of aryl methyl sites for hydroxylation is 1. The molecular formula is C24H23BrCl2N2O5. The van der Waals surface area contributed by atoms with Crippen LogP contribution in [-0.2, 0) is 19.2 Å². The van der Waals surface area contributed by atoms with Crippen LogP contribution < -0.4 is 0 Å². The molecule has 1 saturated carbocycles. The van der Waals surface area contributed by atoms with E-state index in [1.807, 2.05) is 6.08 Å². The summed E-state index contributed by atoms with van der Waals surface area (Å²) in [5.41, 5.74) is 1.53. The van der Waals surface area contributed by atoms with Gasteiger partial charge in [-0.3, -0.25) is 29.0 Å². The van der Waals surface area contributed by atoms with Gasteiger partial charge in [0.1, 0.15) is 5.75 Å². The second kappa shape index (κ2) is 7.80. The van der Waals surface area contributed by atoms with Gasteiger partial charge in [0.2, 0.25) is 11.8 Å². The van der Waals surface area contributed by atoms with Crippen molar-refractivity contribution in [1.29, 1.82) is 0 Å². The second-order valence-corrected chi connectivity index (χ2v) is 11.2. The Balaban J connectivity index is 1.77. The normalized spacial score (nSPS) is 37.0. The molecule has 7 nitrogen and oxygen atoms in total. The van der Waals surface area contributed by atoms with Crippen LogP contribution in [0.25, 0.3) is 0 Å². The van der Waals surface area contributed by atoms with Crippen LogP contribution in [0.5, 0.6) is 5.75 Å². The minimum atomic E-state index is -1.91. The molecule has 1 N–H and O–H groups in total. The zero-order valence-electron chi connectivity index (χ0n) is 18.6. The van der Waals surface area contributed by atoms with Crippen molar-refractivity contribution in [2.45, 2.75) is 42.4 Å². The largest absolute Gasteiger partial charge is 0.507 e. The first-order valence-electron chi connectivity index (χ1n) is 11.2. The molecule has 0 spiro atoms. The fourth-order valence-corrected chi connectivity index (χ4v) is 7.81. The molecule has 1 aromatic rings. The van der Waals surface area contributed by atoms with Gasteiger partial charge in [-0.25, -0.2) is 0 Å². The molecule has 4 aliphatic rings. The number of rotatable bonds is 3. The van der Waals surface area contributed by atoms with Gasteiger partial charge in [0.25, 0.3) is 11.8 Å². The molecule has 0 aromatic heterocycles. The Morgan fingerprint density at radius 2 is 1.79 bits per heavy atom. The number of benzene rings is 1. The number of hydrogen-bond acceptors (Lipinski definition) is 5. The van der Waals surface area contributed by atoms with Crippen molar-refractivity contribution in [3.05, 3.63) is 41.0 Å². The smallest absolute Gasteiger partial charge is 0.254 e. The summed E-state index contributed by atoms with van der Waals surface area (Å²) in [6.45, 7) is 3.73. The van der Waals surface area contributed by atoms with Crippen molar-refractivity contribution in [1.82, 2.24) is 9.80 Å². The maximum Gasteiger partial charge on any atom is 0.254 e. The number of likely N-dealkylation sites (tertiary alicyclic amines) is 2. The Bertz CT molecular complexity index is 1190. The summed E-state index contributed by atoms with van der Waals surface area (Å²) in [7, 11) is 0. The minimum absolute atomic E-state index is 0.0447. The van der Waals surface area contributed by atoms with Crippen LogP contribution in [0.15, 0.2) is 29.8 Å². The molecule has 2 aliphatic heterocycles. The van der Waals surface area contributed by atoms with E-state index < -0.39 is 45.2 Å². The van der Waals surface area contributed by atoms with E-state index >= 15 is 0 Å².